The van der Waals surface area contributed by atoms with Gasteiger partial charge in [-0.05, 0) is 50.5 Å². The Morgan fingerprint density at radius 3 is 2.51 bits per heavy atom. The Balaban J connectivity index is 1.54. The molecule has 7 nitrogen and oxygen atoms in total. The van der Waals surface area contributed by atoms with E-state index < -0.39 is 39.7 Å². The van der Waals surface area contributed by atoms with Crippen molar-refractivity contribution in [2.75, 3.05) is 0 Å². The van der Waals surface area contributed by atoms with Crippen molar-refractivity contribution in [1.29, 1.82) is 0 Å². The molecule has 9 atom stereocenters. The molecule has 4 fully saturated rings. The third-order valence-electron chi connectivity index (χ3n) is 10.7. The molecule has 1 saturated heterocycles. The summed E-state index contributed by atoms with van der Waals surface area (Å²) in [6.07, 6.45) is 7.94. The predicted molar refractivity (Wildman–Crippen MR) is 124 cm³/mol. The van der Waals surface area contributed by atoms with Gasteiger partial charge in [0.1, 0.15) is 23.4 Å². The molecule has 3 aliphatic carbocycles. The van der Waals surface area contributed by atoms with Crippen molar-refractivity contribution in [1.82, 2.24) is 0 Å². The van der Waals surface area contributed by atoms with Crippen molar-refractivity contribution in [3.8, 4) is 0 Å². The van der Waals surface area contributed by atoms with Crippen LogP contribution in [0.1, 0.15) is 72.3 Å². The number of cyclic esters (lactones) is 1. The van der Waals surface area contributed by atoms with E-state index in [-0.39, 0.29) is 35.5 Å². The van der Waals surface area contributed by atoms with Gasteiger partial charge in [-0.1, -0.05) is 26.8 Å². The van der Waals surface area contributed by atoms with E-state index in [9.17, 15) is 14.4 Å². The summed E-state index contributed by atoms with van der Waals surface area (Å²) in [5.74, 6) is -1.01. The number of carbonyl (C=O) groups excluding carboxylic acids is 3. The molecule has 0 radical (unpaired) electrons. The summed E-state index contributed by atoms with van der Waals surface area (Å²) in [6.45, 7) is 11.8. The number of carbonyl (C=O) groups is 3. The lowest BCUT2D eigenvalue weighted by Gasteiger charge is -2.66. The molecule has 0 N–H and O–H groups in total. The standard InChI is InChI=1S/C28H34O7/c1-15(29)33-19-13-18-24(2,3)34-20(30)8-10-25(18,4)17-7-11-26(5)21(16-9-12-32-14-16)22(31)23-28(26,35-23)27(17,19)6/h8-10,12,14,17-19,21,23H,7,11,13H2,1-6H3/t17-,18-,19+,21+,23-,25-,26-,27+,28-/m1/s1. The summed E-state index contributed by atoms with van der Waals surface area (Å²) in [7, 11) is 0. The Hall–Kier alpha value is -2.41. The highest BCUT2D eigenvalue weighted by atomic mass is 16.6. The van der Waals surface area contributed by atoms with Gasteiger partial charge in [-0.2, -0.15) is 0 Å². The van der Waals surface area contributed by atoms with Gasteiger partial charge in [-0.3, -0.25) is 9.59 Å². The van der Waals surface area contributed by atoms with E-state index in [0.717, 1.165) is 18.4 Å². The number of allylic oxidation sites excluding steroid dienone is 1. The van der Waals surface area contributed by atoms with Gasteiger partial charge in [-0.25, -0.2) is 4.79 Å². The molecule has 7 heteroatoms. The summed E-state index contributed by atoms with van der Waals surface area (Å²) in [5, 5.41) is 0. The molecule has 6 rings (SSSR count). The smallest absolute Gasteiger partial charge is 0.330 e. The first-order valence-electron chi connectivity index (χ1n) is 12.7. The van der Waals surface area contributed by atoms with Crippen molar-refractivity contribution in [3.63, 3.8) is 0 Å². The van der Waals surface area contributed by atoms with E-state index in [1.54, 1.807) is 18.6 Å². The number of rotatable bonds is 2. The minimum Gasteiger partial charge on any atom is -0.472 e. The zero-order chi connectivity index (χ0) is 25.2. The van der Waals surface area contributed by atoms with Crippen molar-refractivity contribution in [2.45, 2.75) is 90.1 Å². The van der Waals surface area contributed by atoms with Gasteiger partial charge in [-0.15, -0.1) is 0 Å². The zero-order valence-electron chi connectivity index (χ0n) is 21.3. The fourth-order valence-electron chi connectivity index (χ4n) is 9.48. The van der Waals surface area contributed by atoms with Crippen LogP contribution in [0.3, 0.4) is 0 Å². The topological polar surface area (TPSA) is 95.3 Å². The average Bonchev–Trinajstić information content (AvgIpc) is 3.27. The van der Waals surface area contributed by atoms with E-state index in [4.69, 9.17) is 18.6 Å². The van der Waals surface area contributed by atoms with E-state index in [2.05, 4.69) is 20.8 Å². The highest BCUT2D eigenvalue weighted by molar-refractivity contribution is 5.98. The molecule has 0 aromatic carbocycles. The third kappa shape index (κ3) is 2.53. The Bertz CT molecular complexity index is 1150. The first kappa shape index (κ1) is 23.0. The average molecular weight is 483 g/mol. The Morgan fingerprint density at radius 1 is 1.11 bits per heavy atom. The fraction of sp³-hybridized carbons (Fsp3) is 0.679. The first-order chi connectivity index (χ1) is 16.3. The Morgan fingerprint density at radius 2 is 1.86 bits per heavy atom. The highest BCUT2D eigenvalue weighted by Crippen LogP contribution is 2.81. The largest absolute Gasteiger partial charge is 0.472 e. The molecule has 0 amide bonds. The number of ether oxygens (including phenoxy) is 3. The monoisotopic (exact) mass is 482 g/mol. The molecule has 1 aromatic heterocycles. The van der Waals surface area contributed by atoms with Gasteiger partial charge in [0, 0.05) is 35.3 Å². The van der Waals surface area contributed by atoms with Gasteiger partial charge in [0.05, 0.1) is 18.4 Å². The number of fused-ring (bicyclic) bond motifs is 3. The molecule has 0 bridgehead atoms. The normalized spacial score (nSPS) is 49.1. The number of ketones is 1. The lowest BCUT2D eigenvalue weighted by Crippen LogP contribution is -2.69. The van der Waals surface area contributed by atoms with Crippen molar-refractivity contribution >= 4 is 17.7 Å². The van der Waals surface area contributed by atoms with Crippen molar-refractivity contribution in [3.05, 3.63) is 36.3 Å². The Kier molecular flexibility index (Phi) is 4.38. The molecule has 3 heterocycles. The molecule has 5 aliphatic rings. The SMILES string of the molecule is CC(=O)O[C@H]1C[C@@H]2C(C)(C)OC(=O)C=C[C@]2(C)[C@H]2CC[C@]3(C)[C@@H](c4ccoc4)C(=O)[C@H]4O[C@]43[C@]12C. The van der Waals surface area contributed by atoms with E-state index in [1.165, 1.54) is 6.92 Å². The van der Waals surface area contributed by atoms with Gasteiger partial charge >= 0.3 is 11.9 Å². The van der Waals surface area contributed by atoms with Crippen LogP contribution in [-0.4, -0.2) is 41.1 Å². The summed E-state index contributed by atoms with van der Waals surface area (Å²) < 4.78 is 23.9. The van der Waals surface area contributed by atoms with Gasteiger partial charge in [0.15, 0.2) is 5.78 Å². The van der Waals surface area contributed by atoms with Gasteiger partial charge in [0.2, 0.25) is 0 Å². The molecular formula is C28H34O7. The minimum absolute atomic E-state index is 0.0112. The lowest BCUT2D eigenvalue weighted by atomic mass is 9.38. The van der Waals surface area contributed by atoms with Gasteiger partial charge < -0.3 is 18.6 Å². The van der Waals surface area contributed by atoms with Crippen LogP contribution in [0.4, 0.5) is 0 Å². The second-order valence-electron chi connectivity index (χ2n) is 12.5. The highest BCUT2D eigenvalue weighted by Gasteiger charge is 2.89. The van der Waals surface area contributed by atoms with Crippen molar-refractivity contribution in [2.24, 2.45) is 28.1 Å². The molecule has 0 unspecified atom stereocenters. The van der Waals surface area contributed by atoms with E-state index >= 15 is 0 Å². The lowest BCUT2D eigenvalue weighted by molar-refractivity contribution is -0.239. The summed E-state index contributed by atoms with van der Waals surface area (Å²) in [4.78, 5) is 38.7. The molecular weight excluding hydrogens is 448 g/mol. The van der Waals surface area contributed by atoms with Crippen LogP contribution < -0.4 is 0 Å². The fourth-order valence-corrected chi connectivity index (χ4v) is 9.48. The number of hydrogen-bond acceptors (Lipinski definition) is 7. The molecule has 1 spiro atoms. The van der Waals surface area contributed by atoms with Gasteiger partial charge in [0.25, 0.3) is 0 Å². The van der Waals surface area contributed by atoms with Crippen LogP contribution in [0.5, 0.6) is 0 Å². The molecule has 1 aromatic rings. The van der Waals surface area contributed by atoms with Crippen LogP contribution in [0, 0.1) is 28.1 Å². The van der Waals surface area contributed by atoms with Crippen LogP contribution in [-0.2, 0) is 28.6 Å². The minimum atomic E-state index is -0.759. The zero-order valence-corrected chi connectivity index (χ0v) is 21.3. The summed E-state index contributed by atoms with van der Waals surface area (Å²) in [6, 6.07) is 1.88. The molecule has 2 aliphatic heterocycles. The number of Topliss-reactive ketones (excluding diaryl/α,β-unsaturated/α-hetero) is 1. The quantitative estimate of drug-likeness (QED) is 0.457. The molecule has 3 saturated carbocycles. The number of esters is 2. The van der Waals surface area contributed by atoms with Crippen LogP contribution in [0.15, 0.2) is 35.2 Å². The summed E-state index contributed by atoms with van der Waals surface area (Å²) >= 11 is 0. The summed E-state index contributed by atoms with van der Waals surface area (Å²) in [5.41, 5.74) is -2.14. The maximum atomic E-state index is 13.8. The predicted octanol–water partition coefficient (Wildman–Crippen LogP) is 4.36. The number of epoxide rings is 1. The van der Waals surface area contributed by atoms with Crippen molar-refractivity contribution < 1.29 is 33.0 Å². The van der Waals surface area contributed by atoms with Crippen LogP contribution in [0.25, 0.3) is 0 Å². The van der Waals surface area contributed by atoms with Crippen LogP contribution in [0.2, 0.25) is 0 Å². The van der Waals surface area contributed by atoms with Crippen LogP contribution >= 0.6 is 0 Å². The van der Waals surface area contributed by atoms with E-state index in [1.807, 2.05) is 26.0 Å². The maximum absolute atomic E-state index is 13.8. The Labute approximate surface area is 205 Å². The second kappa shape index (κ2) is 6.67. The number of hydrogen-bond donors (Lipinski definition) is 0. The first-order valence-corrected chi connectivity index (χ1v) is 12.7. The van der Waals surface area contributed by atoms with E-state index in [0.29, 0.717) is 6.42 Å². The number of furan rings is 1. The molecule has 188 valence electrons. The molecule has 35 heavy (non-hydrogen) atoms. The third-order valence-corrected chi connectivity index (χ3v) is 10.7. The maximum Gasteiger partial charge on any atom is 0.330 e. The second-order valence-corrected chi connectivity index (χ2v) is 12.5.